The Morgan fingerprint density at radius 3 is 2.24 bits per heavy atom. The van der Waals surface area contributed by atoms with E-state index in [1.54, 1.807) is 0 Å². The van der Waals surface area contributed by atoms with Crippen molar-refractivity contribution in [2.45, 2.75) is 90.1 Å². The summed E-state index contributed by atoms with van der Waals surface area (Å²) in [5.41, 5.74) is 0. The predicted molar refractivity (Wildman–Crippen MR) is 86.1 cm³/mol. The van der Waals surface area contributed by atoms with Gasteiger partial charge in [-0.25, -0.2) is 0 Å². The fourth-order valence-electron chi connectivity index (χ4n) is 3.22. The lowest BCUT2D eigenvalue weighted by molar-refractivity contribution is -0.140. The van der Waals surface area contributed by atoms with Crippen LogP contribution in [0.5, 0.6) is 0 Å². The molecular weight excluding hydrogens is 264 g/mol. The first-order valence-electron chi connectivity index (χ1n) is 8.94. The first-order chi connectivity index (χ1) is 10.2. The third-order valence-corrected chi connectivity index (χ3v) is 4.82. The molecule has 3 atom stereocenters. The average Bonchev–Trinajstić information content (AvgIpc) is 3.27. The van der Waals surface area contributed by atoms with Crippen molar-refractivity contribution in [2.24, 2.45) is 11.8 Å². The molecule has 0 heterocycles. The second-order valence-corrected chi connectivity index (χ2v) is 6.58. The quantitative estimate of drug-likeness (QED) is 0.403. The summed E-state index contributed by atoms with van der Waals surface area (Å²) in [6, 6.07) is 0. The van der Waals surface area contributed by atoms with Gasteiger partial charge < -0.3 is 9.84 Å². The highest BCUT2D eigenvalue weighted by atomic mass is 16.5. The topological polar surface area (TPSA) is 46.5 Å². The summed E-state index contributed by atoms with van der Waals surface area (Å²) in [5.74, 6) is 1.35. The van der Waals surface area contributed by atoms with E-state index >= 15 is 0 Å². The van der Waals surface area contributed by atoms with E-state index in [1.165, 1.54) is 58.5 Å². The van der Waals surface area contributed by atoms with E-state index in [0.717, 1.165) is 25.2 Å². The molecule has 1 saturated carbocycles. The molecule has 3 heteroatoms. The van der Waals surface area contributed by atoms with Gasteiger partial charge in [-0.05, 0) is 31.1 Å². The number of esters is 1. The summed E-state index contributed by atoms with van der Waals surface area (Å²) in [6.45, 7) is 2.07. The SMILES string of the molecule is CCC(O)C1CC1CCCCCCCCCCC(=O)OC. The molecule has 1 N–H and O–H groups in total. The van der Waals surface area contributed by atoms with Crippen LogP contribution >= 0.6 is 0 Å². The van der Waals surface area contributed by atoms with Crippen LogP contribution in [0.2, 0.25) is 0 Å². The zero-order chi connectivity index (χ0) is 15.5. The number of hydrogen-bond acceptors (Lipinski definition) is 3. The standard InChI is InChI=1S/C18H34O3/c1-3-17(19)16-14-15(16)12-10-8-6-4-5-7-9-11-13-18(20)21-2/h15-17,19H,3-14H2,1-2H3. The third-order valence-electron chi connectivity index (χ3n) is 4.82. The third kappa shape index (κ3) is 8.45. The molecule has 0 bridgehead atoms. The Balaban J connectivity index is 1.77. The molecule has 0 aliphatic heterocycles. The number of methoxy groups -OCH3 is 1. The van der Waals surface area contributed by atoms with Crippen LogP contribution in [-0.2, 0) is 9.53 Å². The van der Waals surface area contributed by atoms with Crippen LogP contribution in [0, 0.1) is 11.8 Å². The average molecular weight is 298 g/mol. The first kappa shape index (κ1) is 18.5. The molecule has 1 rings (SSSR count). The zero-order valence-corrected chi connectivity index (χ0v) is 14.0. The molecule has 0 aromatic heterocycles. The second kappa shape index (κ2) is 11.1. The number of carbonyl (C=O) groups excluding carboxylic acids is 1. The van der Waals surface area contributed by atoms with Gasteiger partial charge in [0, 0.05) is 6.42 Å². The lowest BCUT2D eigenvalue weighted by Crippen LogP contribution is -2.08. The molecule has 0 amide bonds. The molecule has 0 spiro atoms. The number of carbonyl (C=O) groups is 1. The summed E-state index contributed by atoms with van der Waals surface area (Å²) >= 11 is 0. The van der Waals surface area contributed by atoms with Gasteiger partial charge in [-0.2, -0.15) is 0 Å². The minimum Gasteiger partial charge on any atom is -0.469 e. The van der Waals surface area contributed by atoms with Crippen molar-refractivity contribution in [3.8, 4) is 0 Å². The molecule has 21 heavy (non-hydrogen) atoms. The maximum Gasteiger partial charge on any atom is 0.305 e. The van der Waals surface area contributed by atoms with Crippen LogP contribution < -0.4 is 0 Å². The summed E-state index contributed by atoms with van der Waals surface area (Å²) < 4.78 is 4.62. The second-order valence-electron chi connectivity index (χ2n) is 6.58. The Morgan fingerprint density at radius 2 is 1.67 bits per heavy atom. The highest BCUT2D eigenvalue weighted by Crippen LogP contribution is 2.45. The minimum absolute atomic E-state index is 0.0417. The number of aliphatic hydroxyl groups excluding tert-OH is 1. The van der Waals surface area contributed by atoms with Crippen LogP contribution in [0.1, 0.15) is 84.0 Å². The van der Waals surface area contributed by atoms with E-state index in [2.05, 4.69) is 11.7 Å². The molecule has 124 valence electrons. The summed E-state index contributed by atoms with van der Waals surface area (Å²) in [7, 11) is 1.45. The summed E-state index contributed by atoms with van der Waals surface area (Å²) in [4.78, 5) is 10.9. The van der Waals surface area contributed by atoms with Gasteiger partial charge in [0.25, 0.3) is 0 Å². The lowest BCUT2D eigenvalue weighted by atomic mass is 10.0. The monoisotopic (exact) mass is 298 g/mol. The van der Waals surface area contributed by atoms with Crippen LogP contribution in [-0.4, -0.2) is 24.3 Å². The van der Waals surface area contributed by atoms with Gasteiger partial charge in [-0.3, -0.25) is 4.79 Å². The van der Waals surface area contributed by atoms with Crippen LogP contribution in [0.15, 0.2) is 0 Å². The maximum atomic E-state index is 10.9. The van der Waals surface area contributed by atoms with Gasteiger partial charge in [-0.15, -0.1) is 0 Å². The van der Waals surface area contributed by atoms with Gasteiger partial charge in [0.05, 0.1) is 13.2 Å². The Morgan fingerprint density at radius 1 is 1.10 bits per heavy atom. The molecule has 1 aliphatic carbocycles. The number of unbranched alkanes of at least 4 members (excludes halogenated alkanes) is 7. The van der Waals surface area contributed by atoms with Crippen molar-refractivity contribution in [2.75, 3.05) is 7.11 Å². The molecule has 1 fully saturated rings. The first-order valence-corrected chi connectivity index (χ1v) is 8.94. The van der Waals surface area contributed by atoms with E-state index in [4.69, 9.17) is 0 Å². The van der Waals surface area contributed by atoms with Gasteiger partial charge in [0.15, 0.2) is 0 Å². The van der Waals surface area contributed by atoms with Gasteiger partial charge >= 0.3 is 5.97 Å². The van der Waals surface area contributed by atoms with Crippen molar-refractivity contribution in [3.05, 3.63) is 0 Å². The highest BCUT2D eigenvalue weighted by Gasteiger charge is 2.40. The summed E-state index contributed by atoms with van der Waals surface area (Å²) in [6.07, 6.45) is 14.0. The van der Waals surface area contributed by atoms with E-state index in [-0.39, 0.29) is 12.1 Å². The minimum atomic E-state index is -0.0819. The van der Waals surface area contributed by atoms with Gasteiger partial charge in [-0.1, -0.05) is 58.3 Å². The molecule has 0 aromatic rings. The summed E-state index contributed by atoms with van der Waals surface area (Å²) in [5, 5.41) is 9.73. The van der Waals surface area contributed by atoms with Gasteiger partial charge in [0.1, 0.15) is 0 Å². The van der Waals surface area contributed by atoms with Crippen molar-refractivity contribution in [3.63, 3.8) is 0 Å². The van der Waals surface area contributed by atoms with Gasteiger partial charge in [0.2, 0.25) is 0 Å². The van der Waals surface area contributed by atoms with Crippen LogP contribution in [0.4, 0.5) is 0 Å². The smallest absolute Gasteiger partial charge is 0.305 e. The molecule has 3 unspecified atom stereocenters. The van der Waals surface area contributed by atoms with E-state index in [0.29, 0.717) is 12.3 Å². The number of ether oxygens (including phenoxy) is 1. The van der Waals surface area contributed by atoms with Crippen molar-refractivity contribution in [1.82, 2.24) is 0 Å². The zero-order valence-electron chi connectivity index (χ0n) is 14.0. The number of rotatable bonds is 13. The fraction of sp³-hybridized carbons (Fsp3) is 0.944. The van der Waals surface area contributed by atoms with Crippen molar-refractivity contribution >= 4 is 5.97 Å². The highest BCUT2D eigenvalue weighted by molar-refractivity contribution is 5.68. The number of hydrogen-bond donors (Lipinski definition) is 1. The Hall–Kier alpha value is -0.570. The number of aliphatic hydroxyl groups is 1. The Labute approximate surface area is 130 Å². The molecule has 0 aromatic carbocycles. The van der Waals surface area contributed by atoms with Crippen molar-refractivity contribution < 1.29 is 14.6 Å². The Bertz CT molecular complexity index is 278. The van der Waals surface area contributed by atoms with Crippen molar-refractivity contribution in [1.29, 1.82) is 0 Å². The van der Waals surface area contributed by atoms with Crippen LogP contribution in [0.3, 0.4) is 0 Å². The maximum absolute atomic E-state index is 10.9. The normalized spacial score (nSPS) is 22.0. The van der Waals surface area contributed by atoms with E-state index in [9.17, 15) is 9.90 Å². The fourth-order valence-corrected chi connectivity index (χ4v) is 3.22. The lowest BCUT2D eigenvalue weighted by Gasteiger charge is -2.06. The Kier molecular flexibility index (Phi) is 9.73. The van der Waals surface area contributed by atoms with Crippen LogP contribution in [0.25, 0.3) is 0 Å². The molecule has 1 aliphatic rings. The molecule has 0 radical (unpaired) electrons. The largest absolute Gasteiger partial charge is 0.469 e. The predicted octanol–water partition coefficient (Wildman–Crippen LogP) is 4.47. The van der Waals surface area contributed by atoms with E-state index in [1.807, 2.05) is 0 Å². The molecular formula is C18H34O3. The van der Waals surface area contributed by atoms with E-state index < -0.39 is 0 Å². The molecule has 0 saturated heterocycles. The molecule has 3 nitrogen and oxygen atoms in total.